The molecule has 1 aliphatic rings. The second kappa shape index (κ2) is 9.23. The highest BCUT2D eigenvalue weighted by atomic mass is 32.1. The van der Waals surface area contributed by atoms with Gasteiger partial charge in [-0.2, -0.15) is 0 Å². The fraction of sp³-hybridized carbons (Fsp3) is 0.765. The second-order valence-corrected chi connectivity index (χ2v) is 7.58. The molecule has 0 radical (unpaired) electrons. The summed E-state index contributed by atoms with van der Waals surface area (Å²) in [4.78, 5) is 12.8. The number of rotatable bonds is 6. The molecule has 1 saturated heterocycles. The normalized spacial score (nSPS) is 17.5. The lowest BCUT2D eigenvalue weighted by Crippen LogP contribution is -2.48. The van der Waals surface area contributed by atoms with E-state index in [-0.39, 0.29) is 0 Å². The summed E-state index contributed by atoms with van der Waals surface area (Å²) in [5, 5.41) is 8.08. The summed E-state index contributed by atoms with van der Waals surface area (Å²) in [6.45, 7) is 10.8. The van der Waals surface area contributed by atoms with Crippen molar-refractivity contribution in [3.05, 3.63) is 15.6 Å². The summed E-state index contributed by atoms with van der Waals surface area (Å²) >= 11 is 1.76. The van der Waals surface area contributed by atoms with Crippen LogP contribution >= 0.6 is 11.3 Å². The van der Waals surface area contributed by atoms with Crippen LogP contribution < -0.4 is 10.6 Å². The van der Waals surface area contributed by atoms with Gasteiger partial charge in [0.05, 0.1) is 12.2 Å². The Balaban J connectivity index is 1.73. The molecule has 0 bridgehead atoms. The number of unbranched alkanes of at least 4 members (excludes halogenated alkanes) is 1. The molecular weight excluding hydrogens is 306 g/mol. The van der Waals surface area contributed by atoms with E-state index < -0.39 is 0 Å². The number of aliphatic imine (C=N–C) groups is 1. The molecule has 6 heteroatoms. The zero-order valence-corrected chi connectivity index (χ0v) is 15.8. The monoisotopic (exact) mass is 337 g/mol. The van der Waals surface area contributed by atoms with Gasteiger partial charge in [0.1, 0.15) is 5.01 Å². The standard InChI is InChI=1S/C17H31N5S/c1-5-6-9-22-10-7-15(8-11-22)21-17(18-4)19-12-16-20-13(2)14(3)23-16/h15H,5-12H2,1-4H3,(H2,18,19,21). The van der Waals surface area contributed by atoms with Gasteiger partial charge in [-0.05, 0) is 39.7 Å². The summed E-state index contributed by atoms with van der Waals surface area (Å²) in [6, 6.07) is 0.527. The molecule has 0 atom stereocenters. The third kappa shape index (κ3) is 5.77. The third-order valence-corrected chi connectivity index (χ3v) is 5.53. The average Bonchev–Trinajstić information content (AvgIpc) is 2.89. The van der Waals surface area contributed by atoms with Crippen molar-refractivity contribution in [1.82, 2.24) is 20.5 Å². The van der Waals surface area contributed by atoms with Crippen LogP contribution in [0, 0.1) is 13.8 Å². The first-order chi connectivity index (χ1) is 11.1. The third-order valence-electron chi connectivity index (χ3n) is 4.46. The van der Waals surface area contributed by atoms with Crippen LogP contribution in [0.5, 0.6) is 0 Å². The van der Waals surface area contributed by atoms with Crippen LogP contribution in [0.25, 0.3) is 0 Å². The van der Waals surface area contributed by atoms with E-state index in [1.54, 1.807) is 11.3 Å². The maximum atomic E-state index is 4.57. The van der Waals surface area contributed by atoms with Gasteiger partial charge in [-0.15, -0.1) is 11.3 Å². The lowest BCUT2D eigenvalue weighted by atomic mass is 10.0. The molecule has 0 amide bonds. The highest BCUT2D eigenvalue weighted by Crippen LogP contribution is 2.16. The van der Waals surface area contributed by atoms with Crippen molar-refractivity contribution in [3.63, 3.8) is 0 Å². The van der Waals surface area contributed by atoms with Gasteiger partial charge in [0.25, 0.3) is 0 Å². The zero-order chi connectivity index (χ0) is 16.7. The van der Waals surface area contributed by atoms with Gasteiger partial charge in [0.15, 0.2) is 5.96 Å². The Bertz CT molecular complexity index is 484. The lowest BCUT2D eigenvalue weighted by Gasteiger charge is -2.33. The number of aromatic nitrogens is 1. The molecule has 1 aromatic heterocycles. The number of likely N-dealkylation sites (tertiary alicyclic amines) is 1. The van der Waals surface area contributed by atoms with Gasteiger partial charge in [-0.3, -0.25) is 4.99 Å². The van der Waals surface area contributed by atoms with Gasteiger partial charge in [0.2, 0.25) is 0 Å². The van der Waals surface area contributed by atoms with Crippen LogP contribution in [0.2, 0.25) is 0 Å². The van der Waals surface area contributed by atoms with E-state index in [9.17, 15) is 0 Å². The Morgan fingerprint density at radius 1 is 1.35 bits per heavy atom. The highest BCUT2D eigenvalue weighted by Gasteiger charge is 2.19. The zero-order valence-electron chi connectivity index (χ0n) is 15.0. The Hall–Kier alpha value is -1.14. The topological polar surface area (TPSA) is 52.5 Å². The maximum absolute atomic E-state index is 4.57. The smallest absolute Gasteiger partial charge is 0.191 e. The maximum Gasteiger partial charge on any atom is 0.191 e. The van der Waals surface area contributed by atoms with Crippen molar-refractivity contribution in [1.29, 1.82) is 0 Å². The van der Waals surface area contributed by atoms with E-state index in [1.165, 1.54) is 50.2 Å². The quantitative estimate of drug-likeness (QED) is 0.619. The number of piperidine rings is 1. The van der Waals surface area contributed by atoms with Gasteiger partial charge >= 0.3 is 0 Å². The molecule has 0 spiro atoms. The van der Waals surface area contributed by atoms with E-state index >= 15 is 0 Å². The number of nitrogens with one attached hydrogen (secondary N) is 2. The number of thiazole rings is 1. The van der Waals surface area contributed by atoms with Crippen molar-refractivity contribution in [2.75, 3.05) is 26.7 Å². The first-order valence-electron chi connectivity index (χ1n) is 8.74. The summed E-state index contributed by atoms with van der Waals surface area (Å²) in [5.74, 6) is 0.891. The molecular formula is C17H31N5S. The van der Waals surface area contributed by atoms with Gasteiger partial charge in [0, 0.05) is 31.1 Å². The van der Waals surface area contributed by atoms with Crippen molar-refractivity contribution in [2.45, 2.75) is 59.0 Å². The van der Waals surface area contributed by atoms with Crippen molar-refractivity contribution >= 4 is 17.3 Å². The molecule has 0 unspecified atom stereocenters. The van der Waals surface area contributed by atoms with Crippen LogP contribution in [0.15, 0.2) is 4.99 Å². The Morgan fingerprint density at radius 3 is 2.65 bits per heavy atom. The summed E-state index contributed by atoms with van der Waals surface area (Å²) < 4.78 is 0. The lowest BCUT2D eigenvalue weighted by molar-refractivity contribution is 0.203. The average molecular weight is 338 g/mol. The molecule has 0 saturated carbocycles. The highest BCUT2D eigenvalue weighted by molar-refractivity contribution is 7.11. The second-order valence-electron chi connectivity index (χ2n) is 6.29. The Kier molecular flexibility index (Phi) is 7.30. The van der Waals surface area contributed by atoms with Crippen molar-refractivity contribution in [3.8, 4) is 0 Å². The Morgan fingerprint density at radius 2 is 2.09 bits per heavy atom. The van der Waals surface area contributed by atoms with Crippen LogP contribution in [0.1, 0.15) is 48.2 Å². The van der Waals surface area contributed by atoms with Gasteiger partial charge < -0.3 is 15.5 Å². The number of hydrogen-bond acceptors (Lipinski definition) is 4. The van der Waals surface area contributed by atoms with Gasteiger partial charge in [-0.1, -0.05) is 13.3 Å². The first-order valence-corrected chi connectivity index (χ1v) is 9.56. The molecule has 0 aromatic carbocycles. The molecule has 23 heavy (non-hydrogen) atoms. The molecule has 0 aliphatic carbocycles. The first kappa shape index (κ1) is 18.2. The molecule has 1 aromatic rings. The number of hydrogen-bond donors (Lipinski definition) is 2. The number of guanidine groups is 1. The molecule has 5 nitrogen and oxygen atoms in total. The number of aryl methyl sites for hydroxylation is 2. The van der Waals surface area contributed by atoms with Crippen molar-refractivity contribution in [2.24, 2.45) is 4.99 Å². The van der Waals surface area contributed by atoms with E-state index in [0.717, 1.165) is 23.2 Å². The fourth-order valence-corrected chi connectivity index (χ4v) is 3.72. The molecule has 1 aliphatic heterocycles. The summed E-state index contributed by atoms with van der Waals surface area (Å²) in [5.41, 5.74) is 1.13. The van der Waals surface area contributed by atoms with E-state index in [1.807, 2.05) is 7.05 Å². The van der Waals surface area contributed by atoms with Crippen LogP contribution in [-0.4, -0.2) is 48.6 Å². The minimum atomic E-state index is 0.527. The van der Waals surface area contributed by atoms with Crippen molar-refractivity contribution < 1.29 is 0 Å². The molecule has 1 fully saturated rings. The predicted octanol–water partition coefficient (Wildman–Crippen LogP) is 2.69. The number of nitrogens with zero attached hydrogens (tertiary/aromatic N) is 3. The van der Waals surface area contributed by atoms with Crippen LogP contribution in [0.3, 0.4) is 0 Å². The van der Waals surface area contributed by atoms with E-state index in [0.29, 0.717) is 6.04 Å². The SMILES string of the molecule is CCCCN1CCC(NC(=NC)NCc2nc(C)c(C)s2)CC1. The molecule has 2 heterocycles. The molecule has 2 rings (SSSR count). The molecule has 130 valence electrons. The predicted molar refractivity (Wildman–Crippen MR) is 99.3 cm³/mol. The van der Waals surface area contributed by atoms with E-state index in [2.05, 4.69) is 46.3 Å². The van der Waals surface area contributed by atoms with Gasteiger partial charge in [-0.25, -0.2) is 4.98 Å². The summed E-state index contributed by atoms with van der Waals surface area (Å²) in [6.07, 6.45) is 4.98. The van der Waals surface area contributed by atoms with E-state index in [4.69, 9.17) is 0 Å². The molecule has 2 N–H and O–H groups in total. The minimum absolute atomic E-state index is 0.527. The fourth-order valence-electron chi connectivity index (χ4n) is 2.84. The Labute approximate surface area is 144 Å². The minimum Gasteiger partial charge on any atom is -0.354 e. The van der Waals surface area contributed by atoms with Crippen LogP contribution in [-0.2, 0) is 6.54 Å². The largest absolute Gasteiger partial charge is 0.354 e. The van der Waals surface area contributed by atoms with Crippen LogP contribution in [0.4, 0.5) is 0 Å². The summed E-state index contributed by atoms with van der Waals surface area (Å²) in [7, 11) is 1.84.